The van der Waals surface area contributed by atoms with Crippen LogP contribution in [0.15, 0.2) is 53.7 Å². The zero-order valence-electron chi connectivity index (χ0n) is 19.6. The number of halogens is 3. The zero-order chi connectivity index (χ0) is 24.8. The number of nitrogens with one attached hydrogen (secondary N) is 1. The van der Waals surface area contributed by atoms with Crippen LogP contribution in [0.25, 0.3) is 0 Å². The van der Waals surface area contributed by atoms with E-state index in [1.807, 2.05) is 11.0 Å². The number of benzene rings is 2. The molecule has 1 N–H and O–H groups in total. The van der Waals surface area contributed by atoms with Gasteiger partial charge in [0.05, 0.1) is 5.56 Å². The van der Waals surface area contributed by atoms with Crippen molar-refractivity contribution in [2.45, 2.75) is 50.2 Å². The molecule has 2 aromatic carbocycles. The molecule has 6 nitrogen and oxygen atoms in total. The molecule has 0 atom stereocenters. The van der Waals surface area contributed by atoms with Gasteiger partial charge in [0.15, 0.2) is 0 Å². The van der Waals surface area contributed by atoms with Crippen molar-refractivity contribution in [1.29, 1.82) is 0 Å². The van der Waals surface area contributed by atoms with E-state index in [9.17, 15) is 22.9 Å². The van der Waals surface area contributed by atoms with E-state index in [0.29, 0.717) is 44.0 Å². The van der Waals surface area contributed by atoms with Crippen LogP contribution in [0.1, 0.15) is 49.1 Å². The van der Waals surface area contributed by atoms with Gasteiger partial charge in [0.25, 0.3) is 0 Å². The highest BCUT2D eigenvalue weighted by atomic mass is 19.4. The number of hydrogen-bond donors (Lipinski definition) is 1. The third kappa shape index (κ3) is 6.60. The molecule has 1 amide bonds. The Morgan fingerprint density at radius 2 is 1.66 bits per heavy atom. The van der Waals surface area contributed by atoms with E-state index in [4.69, 9.17) is 0 Å². The van der Waals surface area contributed by atoms with Crippen molar-refractivity contribution >= 4 is 17.3 Å². The minimum Gasteiger partial charge on any atom is -0.382 e. The third-order valence-electron chi connectivity index (χ3n) is 7.12. The molecule has 4 rings (SSSR count). The van der Waals surface area contributed by atoms with Crippen LogP contribution in [0.5, 0.6) is 0 Å². The monoisotopic (exact) mass is 488 g/mol. The number of piperidine rings is 2. The van der Waals surface area contributed by atoms with Gasteiger partial charge in [-0.15, -0.1) is 4.91 Å². The number of nitroso groups, excluding NO2 is 1. The summed E-state index contributed by atoms with van der Waals surface area (Å²) in [7, 11) is 0. The van der Waals surface area contributed by atoms with Gasteiger partial charge < -0.3 is 15.1 Å². The molecule has 2 aliphatic rings. The lowest BCUT2D eigenvalue weighted by Gasteiger charge is -2.35. The van der Waals surface area contributed by atoms with Crippen molar-refractivity contribution in [2.75, 3.05) is 38.0 Å². The van der Waals surface area contributed by atoms with Crippen LogP contribution in [0, 0.1) is 4.91 Å². The maximum atomic E-state index is 13.2. The first-order chi connectivity index (χ1) is 16.8. The van der Waals surface area contributed by atoms with Crippen molar-refractivity contribution in [3.63, 3.8) is 0 Å². The van der Waals surface area contributed by atoms with Crippen molar-refractivity contribution in [2.24, 2.45) is 5.18 Å². The van der Waals surface area contributed by atoms with Crippen LogP contribution in [-0.4, -0.2) is 54.5 Å². The molecule has 2 aliphatic heterocycles. The van der Waals surface area contributed by atoms with Crippen LogP contribution in [-0.2, 0) is 11.0 Å². The first kappa shape index (κ1) is 25.2. The highest BCUT2D eigenvalue weighted by Crippen LogP contribution is 2.38. The number of nitrogens with zero attached hydrogens (tertiary/aromatic N) is 3. The number of anilines is 1. The predicted octanol–water partition coefficient (Wildman–Crippen LogP) is 5.78. The first-order valence-electron chi connectivity index (χ1n) is 12.2. The Bertz CT molecular complexity index is 999. The maximum absolute atomic E-state index is 13.2. The largest absolute Gasteiger partial charge is 0.418 e. The first-order valence-corrected chi connectivity index (χ1v) is 12.2. The molecule has 2 fully saturated rings. The summed E-state index contributed by atoms with van der Waals surface area (Å²) in [5.41, 5.74) is 0.0322. The van der Waals surface area contributed by atoms with Crippen molar-refractivity contribution in [3.8, 4) is 0 Å². The van der Waals surface area contributed by atoms with Crippen LogP contribution in [0.4, 0.5) is 24.5 Å². The molecule has 0 aliphatic carbocycles. The lowest BCUT2D eigenvalue weighted by atomic mass is 9.89. The van der Waals surface area contributed by atoms with Gasteiger partial charge >= 0.3 is 6.18 Å². The van der Waals surface area contributed by atoms with E-state index in [1.54, 1.807) is 0 Å². The summed E-state index contributed by atoms with van der Waals surface area (Å²) in [5.74, 6) is 0.724. The number of alkyl halides is 3. The van der Waals surface area contributed by atoms with E-state index >= 15 is 0 Å². The Labute approximate surface area is 203 Å². The van der Waals surface area contributed by atoms with E-state index in [-0.39, 0.29) is 11.9 Å². The Balaban J connectivity index is 1.19. The fourth-order valence-electron chi connectivity index (χ4n) is 5.07. The molecule has 2 aromatic rings. The maximum Gasteiger partial charge on any atom is 0.418 e. The quantitative estimate of drug-likeness (QED) is 0.502. The van der Waals surface area contributed by atoms with Gasteiger partial charge in [0, 0.05) is 37.8 Å². The van der Waals surface area contributed by atoms with Gasteiger partial charge in [0.1, 0.15) is 5.69 Å². The fourth-order valence-corrected chi connectivity index (χ4v) is 5.07. The minimum absolute atomic E-state index is 0.0350. The summed E-state index contributed by atoms with van der Waals surface area (Å²) < 4.78 is 39.5. The van der Waals surface area contributed by atoms with Gasteiger partial charge in [-0.2, -0.15) is 13.2 Å². The molecule has 0 saturated carbocycles. The Morgan fingerprint density at radius 3 is 2.29 bits per heavy atom. The second-order valence-corrected chi connectivity index (χ2v) is 9.40. The van der Waals surface area contributed by atoms with E-state index in [1.165, 1.54) is 11.6 Å². The third-order valence-corrected chi connectivity index (χ3v) is 7.12. The van der Waals surface area contributed by atoms with Gasteiger partial charge in [-0.3, -0.25) is 4.79 Å². The van der Waals surface area contributed by atoms with Gasteiger partial charge in [-0.1, -0.05) is 30.3 Å². The Kier molecular flexibility index (Phi) is 8.05. The molecular formula is C26H31F3N4O2. The number of amides is 1. The summed E-state index contributed by atoms with van der Waals surface area (Å²) >= 11 is 0. The van der Waals surface area contributed by atoms with Gasteiger partial charge in [-0.25, -0.2) is 0 Å². The van der Waals surface area contributed by atoms with E-state index < -0.39 is 17.4 Å². The van der Waals surface area contributed by atoms with Crippen LogP contribution >= 0.6 is 0 Å². The van der Waals surface area contributed by atoms with Crippen molar-refractivity contribution < 1.29 is 18.0 Å². The Hall–Kier alpha value is -2.94. The second-order valence-electron chi connectivity index (χ2n) is 9.40. The molecule has 0 aromatic heterocycles. The van der Waals surface area contributed by atoms with Gasteiger partial charge in [0.2, 0.25) is 5.91 Å². The SMILES string of the molecule is O=Nc1ccc(NC2CCN(C(=O)CCN3CCC(c4ccccc4)CC3)CC2)cc1C(F)(F)F. The van der Waals surface area contributed by atoms with Crippen molar-refractivity contribution in [1.82, 2.24) is 9.80 Å². The van der Waals surface area contributed by atoms with Crippen molar-refractivity contribution in [3.05, 3.63) is 64.6 Å². The number of hydrogen-bond acceptors (Lipinski definition) is 5. The lowest BCUT2D eigenvalue weighted by molar-refractivity contribution is -0.137. The normalized spacial score (nSPS) is 18.4. The molecule has 0 bridgehead atoms. The average molecular weight is 489 g/mol. The molecule has 0 radical (unpaired) electrons. The topological polar surface area (TPSA) is 65.0 Å². The average Bonchev–Trinajstić information content (AvgIpc) is 2.88. The lowest BCUT2D eigenvalue weighted by Crippen LogP contribution is -2.43. The molecule has 35 heavy (non-hydrogen) atoms. The summed E-state index contributed by atoms with van der Waals surface area (Å²) in [6.45, 7) is 3.91. The number of carbonyl (C=O) groups excluding carboxylic acids is 1. The Morgan fingerprint density at radius 1 is 0.971 bits per heavy atom. The molecule has 2 saturated heterocycles. The number of carbonyl (C=O) groups is 1. The fraction of sp³-hybridized carbons (Fsp3) is 0.500. The predicted molar refractivity (Wildman–Crippen MR) is 130 cm³/mol. The van der Waals surface area contributed by atoms with E-state index in [2.05, 4.69) is 39.7 Å². The molecule has 0 spiro atoms. The van der Waals surface area contributed by atoms with Crippen LogP contribution in [0.3, 0.4) is 0 Å². The summed E-state index contributed by atoms with van der Waals surface area (Å²) in [4.78, 5) is 27.6. The molecule has 0 unspecified atom stereocenters. The molecular weight excluding hydrogens is 457 g/mol. The molecule has 2 heterocycles. The second kappa shape index (κ2) is 11.2. The zero-order valence-corrected chi connectivity index (χ0v) is 19.6. The number of rotatable bonds is 7. The summed E-state index contributed by atoms with van der Waals surface area (Å²) in [6.07, 6.45) is -0.631. The highest BCUT2D eigenvalue weighted by molar-refractivity contribution is 5.76. The van der Waals surface area contributed by atoms with Gasteiger partial charge in [-0.05, 0) is 73.6 Å². The highest BCUT2D eigenvalue weighted by Gasteiger charge is 2.34. The minimum atomic E-state index is -4.65. The number of likely N-dealkylation sites (tertiary alicyclic amines) is 2. The molecule has 188 valence electrons. The summed E-state index contributed by atoms with van der Waals surface area (Å²) in [5, 5.41) is 5.59. The molecule has 9 heteroatoms. The summed E-state index contributed by atoms with van der Waals surface area (Å²) in [6, 6.07) is 14.0. The van der Waals surface area contributed by atoms with Crippen LogP contribution in [0.2, 0.25) is 0 Å². The van der Waals surface area contributed by atoms with E-state index in [0.717, 1.165) is 44.6 Å². The smallest absolute Gasteiger partial charge is 0.382 e. The van der Waals surface area contributed by atoms with Crippen LogP contribution < -0.4 is 5.32 Å². The standard InChI is InChI=1S/C26H31F3N4O2/c27-26(28,29)23-18-22(6-7-24(23)31-35)30-21-10-16-33(17-11-21)25(34)12-15-32-13-8-20(9-14-32)19-4-2-1-3-5-19/h1-7,18,20-21,30H,8-17H2.